The van der Waals surface area contributed by atoms with Crippen molar-refractivity contribution in [2.24, 2.45) is 7.05 Å². The molecule has 0 aliphatic rings. The summed E-state index contributed by atoms with van der Waals surface area (Å²) >= 11 is 0. The highest BCUT2D eigenvalue weighted by atomic mass is 19.1. The molecular formula is C24H23F2N3O3. The Kier molecular flexibility index (Phi) is 5.69. The molecule has 0 aliphatic carbocycles. The van der Waals surface area contributed by atoms with Crippen LogP contribution in [0.4, 0.5) is 8.78 Å². The Morgan fingerprint density at radius 1 is 1.03 bits per heavy atom. The molecule has 8 heteroatoms. The molecule has 0 saturated heterocycles. The molecule has 0 amide bonds. The maximum Gasteiger partial charge on any atom is 0.294 e. The van der Waals surface area contributed by atoms with Gasteiger partial charge in [0.25, 0.3) is 11.1 Å². The monoisotopic (exact) mass is 439 g/mol. The van der Waals surface area contributed by atoms with Gasteiger partial charge in [-0.05, 0) is 55.7 Å². The Morgan fingerprint density at radius 2 is 1.75 bits per heavy atom. The number of alkyl halides is 1. The Bertz CT molecular complexity index is 1410. The van der Waals surface area contributed by atoms with Crippen LogP contribution in [0.1, 0.15) is 17.5 Å². The molecule has 0 atom stereocenters. The van der Waals surface area contributed by atoms with Crippen molar-refractivity contribution in [1.29, 1.82) is 0 Å². The number of aromatic amines is 1. The average molecular weight is 439 g/mol. The van der Waals surface area contributed by atoms with Gasteiger partial charge < -0.3 is 18.9 Å². The summed E-state index contributed by atoms with van der Waals surface area (Å²) in [4.78, 5) is 28.8. The summed E-state index contributed by atoms with van der Waals surface area (Å²) in [6.45, 7) is 3.05. The number of hydrogen-bond acceptors (Lipinski definition) is 3. The van der Waals surface area contributed by atoms with E-state index in [-0.39, 0.29) is 24.3 Å². The predicted octanol–water partition coefficient (Wildman–Crippen LogP) is 4.60. The lowest BCUT2D eigenvalue weighted by Crippen LogP contribution is -2.22. The van der Waals surface area contributed by atoms with Crippen molar-refractivity contribution >= 4 is 10.9 Å². The standard InChI is InChI=1S/C24H23F2N3O3/c1-14-11-16(26)12-15(2)21(14)32-22-18(6-10-29(24(22)31)9-4-7-25)19-13-28(3)23(30)20-17(19)5-8-27-20/h5-6,8,10-13,27H,4,7,9H2,1-3H3. The summed E-state index contributed by atoms with van der Waals surface area (Å²) in [7, 11) is 1.63. The zero-order chi connectivity index (χ0) is 23.0. The summed E-state index contributed by atoms with van der Waals surface area (Å²) < 4.78 is 35.5. The van der Waals surface area contributed by atoms with E-state index in [1.807, 2.05) is 0 Å². The molecule has 6 nitrogen and oxygen atoms in total. The van der Waals surface area contributed by atoms with Gasteiger partial charge in [0.1, 0.15) is 17.1 Å². The fraction of sp³-hybridized carbons (Fsp3) is 0.250. The van der Waals surface area contributed by atoms with Gasteiger partial charge in [0.05, 0.1) is 6.67 Å². The average Bonchev–Trinajstić information content (AvgIpc) is 3.23. The first-order chi connectivity index (χ1) is 15.3. The number of rotatable bonds is 6. The molecule has 32 heavy (non-hydrogen) atoms. The topological polar surface area (TPSA) is 69.0 Å². The summed E-state index contributed by atoms with van der Waals surface area (Å²) in [5.41, 5.74) is 1.97. The number of ether oxygens (including phenoxy) is 1. The smallest absolute Gasteiger partial charge is 0.294 e. The van der Waals surface area contributed by atoms with Gasteiger partial charge in [-0.2, -0.15) is 0 Å². The van der Waals surface area contributed by atoms with E-state index in [0.717, 1.165) is 0 Å². The van der Waals surface area contributed by atoms with Crippen molar-refractivity contribution < 1.29 is 13.5 Å². The van der Waals surface area contributed by atoms with Crippen LogP contribution >= 0.6 is 0 Å². The third kappa shape index (κ3) is 3.72. The molecule has 0 unspecified atom stereocenters. The second kappa shape index (κ2) is 8.45. The van der Waals surface area contributed by atoms with Crippen LogP contribution in [0.5, 0.6) is 11.5 Å². The molecule has 3 aromatic heterocycles. The zero-order valence-corrected chi connectivity index (χ0v) is 18.0. The van der Waals surface area contributed by atoms with Crippen LogP contribution in [-0.4, -0.2) is 20.8 Å². The Morgan fingerprint density at radius 3 is 2.44 bits per heavy atom. The van der Waals surface area contributed by atoms with Gasteiger partial charge in [-0.3, -0.25) is 14.0 Å². The number of pyridine rings is 2. The summed E-state index contributed by atoms with van der Waals surface area (Å²) in [5, 5.41) is 0.645. The molecule has 4 aromatic rings. The number of fused-ring (bicyclic) bond motifs is 1. The number of nitrogens with one attached hydrogen (secondary N) is 1. The Hall–Kier alpha value is -3.68. The molecule has 0 fully saturated rings. The molecule has 1 N–H and O–H groups in total. The number of hydrogen-bond donors (Lipinski definition) is 1. The highest BCUT2D eigenvalue weighted by Gasteiger charge is 2.20. The Balaban J connectivity index is 1.98. The minimum absolute atomic E-state index is 0.0327. The van der Waals surface area contributed by atoms with Crippen molar-refractivity contribution in [3.63, 3.8) is 0 Å². The fourth-order valence-corrected chi connectivity index (χ4v) is 3.91. The molecular weight excluding hydrogens is 416 g/mol. The lowest BCUT2D eigenvalue weighted by molar-refractivity contribution is 0.431. The van der Waals surface area contributed by atoms with Crippen LogP contribution in [0.25, 0.3) is 22.0 Å². The van der Waals surface area contributed by atoms with Crippen molar-refractivity contribution in [2.45, 2.75) is 26.8 Å². The maximum atomic E-state index is 13.8. The normalized spacial score (nSPS) is 11.3. The SMILES string of the molecule is Cc1cc(F)cc(C)c1Oc1c(-c2cn(C)c(=O)c3[nH]ccc23)ccn(CCCF)c1=O. The largest absolute Gasteiger partial charge is 0.450 e. The first-order valence-corrected chi connectivity index (χ1v) is 10.2. The third-order valence-electron chi connectivity index (χ3n) is 5.47. The first kappa shape index (κ1) is 21.5. The molecule has 0 aliphatic heterocycles. The van der Waals surface area contributed by atoms with Crippen molar-refractivity contribution in [3.05, 3.63) is 80.5 Å². The first-order valence-electron chi connectivity index (χ1n) is 10.2. The predicted molar refractivity (Wildman–Crippen MR) is 120 cm³/mol. The molecule has 1 aromatic carbocycles. The number of aromatic nitrogens is 3. The number of benzene rings is 1. The molecule has 0 bridgehead atoms. The summed E-state index contributed by atoms with van der Waals surface area (Å²) in [6, 6.07) is 6.15. The second-order valence-corrected chi connectivity index (χ2v) is 7.80. The summed E-state index contributed by atoms with van der Waals surface area (Å²) in [6.07, 6.45) is 5.09. The van der Waals surface area contributed by atoms with Crippen LogP contribution in [0, 0.1) is 19.7 Å². The van der Waals surface area contributed by atoms with Gasteiger partial charge in [-0.15, -0.1) is 0 Å². The maximum absolute atomic E-state index is 13.8. The fourth-order valence-electron chi connectivity index (χ4n) is 3.91. The van der Waals surface area contributed by atoms with E-state index in [9.17, 15) is 18.4 Å². The van der Waals surface area contributed by atoms with Crippen LogP contribution in [0.3, 0.4) is 0 Å². The molecule has 0 saturated carbocycles. The minimum atomic E-state index is -0.550. The van der Waals surface area contributed by atoms with E-state index in [1.54, 1.807) is 51.6 Å². The van der Waals surface area contributed by atoms with Gasteiger partial charge >= 0.3 is 0 Å². The summed E-state index contributed by atoms with van der Waals surface area (Å²) in [5.74, 6) is 0.0153. The minimum Gasteiger partial charge on any atom is -0.450 e. The van der Waals surface area contributed by atoms with Gasteiger partial charge in [-0.25, -0.2) is 4.39 Å². The van der Waals surface area contributed by atoms with Crippen molar-refractivity contribution in [3.8, 4) is 22.6 Å². The molecule has 166 valence electrons. The number of H-pyrrole nitrogens is 1. The number of halogens is 2. The van der Waals surface area contributed by atoms with Crippen molar-refractivity contribution in [2.75, 3.05) is 6.67 Å². The van der Waals surface area contributed by atoms with E-state index in [0.29, 0.717) is 38.9 Å². The van der Waals surface area contributed by atoms with Crippen LogP contribution < -0.4 is 15.9 Å². The molecule has 0 spiro atoms. The van der Waals surface area contributed by atoms with Gasteiger partial charge in [0.2, 0.25) is 0 Å². The van der Waals surface area contributed by atoms with E-state index in [2.05, 4.69) is 4.98 Å². The lowest BCUT2D eigenvalue weighted by Gasteiger charge is -2.17. The van der Waals surface area contributed by atoms with Crippen LogP contribution in [-0.2, 0) is 13.6 Å². The van der Waals surface area contributed by atoms with Crippen LogP contribution in [0.15, 0.2) is 52.4 Å². The number of nitrogens with zero attached hydrogens (tertiary/aromatic N) is 2. The van der Waals surface area contributed by atoms with Gasteiger partial charge in [0.15, 0.2) is 5.75 Å². The highest BCUT2D eigenvalue weighted by molar-refractivity contribution is 5.95. The van der Waals surface area contributed by atoms with E-state index >= 15 is 0 Å². The van der Waals surface area contributed by atoms with Gasteiger partial charge in [0, 0.05) is 48.7 Å². The second-order valence-electron chi connectivity index (χ2n) is 7.80. The highest BCUT2D eigenvalue weighted by Crippen LogP contribution is 2.36. The number of aryl methyl sites for hydroxylation is 4. The zero-order valence-electron chi connectivity index (χ0n) is 18.0. The lowest BCUT2D eigenvalue weighted by atomic mass is 10.0. The molecule has 4 rings (SSSR count). The van der Waals surface area contributed by atoms with E-state index in [4.69, 9.17) is 4.74 Å². The molecule has 3 heterocycles. The van der Waals surface area contributed by atoms with Crippen LogP contribution in [0.2, 0.25) is 0 Å². The van der Waals surface area contributed by atoms with E-state index in [1.165, 1.54) is 21.3 Å². The van der Waals surface area contributed by atoms with E-state index < -0.39 is 18.1 Å². The quantitative estimate of drug-likeness (QED) is 0.477. The van der Waals surface area contributed by atoms with Gasteiger partial charge in [-0.1, -0.05) is 0 Å². The van der Waals surface area contributed by atoms with Crippen molar-refractivity contribution in [1.82, 2.24) is 14.1 Å². The Labute approximate surface area is 182 Å². The third-order valence-corrected chi connectivity index (χ3v) is 5.47. The molecule has 0 radical (unpaired) electrons.